The molecule has 0 atom stereocenters. The second kappa shape index (κ2) is 5.18. The van der Waals surface area contributed by atoms with Crippen LogP contribution in [0, 0.1) is 5.82 Å². The van der Waals surface area contributed by atoms with E-state index in [4.69, 9.17) is 11.6 Å². The topological polar surface area (TPSA) is 46.9 Å². The first kappa shape index (κ1) is 12.6. The van der Waals surface area contributed by atoms with Gasteiger partial charge in [-0.2, -0.15) is 5.10 Å². The SMILES string of the molecule is Cn1cc(CNC(=O)c2c(F)cccc2Cl)cn1. The second-order valence-corrected chi connectivity index (χ2v) is 4.21. The zero-order chi connectivity index (χ0) is 13.1. The Balaban J connectivity index is 2.08. The average Bonchev–Trinajstić information content (AvgIpc) is 2.72. The molecule has 0 aliphatic carbocycles. The molecule has 1 heterocycles. The summed E-state index contributed by atoms with van der Waals surface area (Å²) in [4.78, 5) is 11.8. The number of carbonyl (C=O) groups excluding carboxylic acids is 1. The minimum Gasteiger partial charge on any atom is -0.348 e. The van der Waals surface area contributed by atoms with Gasteiger partial charge in [0, 0.05) is 25.4 Å². The molecule has 0 unspecified atom stereocenters. The first-order chi connectivity index (χ1) is 8.58. The Morgan fingerprint density at radius 2 is 2.33 bits per heavy atom. The van der Waals surface area contributed by atoms with Crippen molar-refractivity contribution >= 4 is 17.5 Å². The van der Waals surface area contributed by atoms with Crippen LogP contribution in [0.5, 0.6) is 0 Å². The van der Waals surface area contributed by atoms with Crippen LogP contribution in [-0.4, -0.2) is 15.7 Å². The normalized spacial score (nSPS) is 10.4. The molecule has 0 bridgehead atoms. The molecule has 1 aromatic carbocycles. The van der Waals surface area contributed by atoms with Crippen molar-refractivity contribution in [3.05, 3.63) is 52.6 Å². The van der Waals surface area contributed by atoms with Crippen molar-refractivity contribution in [2.24, 2.45) is 7.05 Å². The Kier molecular flexibility index (Phi) is 3.62. The van der Waals surface area contributed by atoms with Crippen molar-refractivity contribution in [2.45, 2.75) is 6.54 Å². The van der Waals surface area contributed by atoms with Crippen LogP contribution in [0.3, 0.4) is 0 Å². The summed E-state index contributed by atoms with van der Waals surface area (Å²) in [5.74, 6) is -1.17. The highest BCUT2D eigenvalue weighted by Gasteiger charge is 2.15. The van der Waals surface area contributed by atoms with Crippen molar-refractivity contribution in [1.82, 2.24) is 15.1 Å². The number of rotatable bonds is 3. The van der Waals surface area contributed by atoms with Gasteiger partial charge in [-0.05, 0) is 12.1 Å². The summed E-state index contributed by atoms with van der Waals surface area (Å²) in [6, 6.07) is 4.13. The quantitative estimate of drug-likeness (QED) is 0.926. The highest BCUT2D eigenvalue weighted by atomic mass is 35.5. The molecule has 4 nitrogen and oxygen atoms in total. The lowest BCUT2D eigenvalue weighted by molar-refractivity contribution is 0.0947. The summed E-state index contributed by atoms with van der Waals surface area (Å²) < 4.78 is 15.1. The predicted molar refractivity (Wildman–Crippen MR) is 65.8 cm³/mol. The number of hydrogen-bond acceptors (Lipinski definition) is 2. The van der Waals surface area contributed by atoms with Gasteiger partial charge in [0.25, 0.3) is 5.91 Å². The smallest absolute Gasteiger partial charge is 0.256 e. The number of carbonyl (C=O) groups is 1. The summed E-state index contributed by atoms with van der Waals surface area (Å²) in [6.45, 7) is 0.275. The van der Waals surface area contributed by atoms with Crippen molar-refractivity contribution in [3.63, 3.8) is 0 Å². The molecule has 0 aliphatic heterocycles. The third-order valence-electron chi connectivity index (χ3n) is 2.40. The molecule has 0 fully saturated rings. The van der Waals surface area contributed by atoms with Gasteiger partial charge in [-0.1, -0.05) is 17.7 Å². The Hall–Kier alpha value is -1.88. The molecule has 0 saturated heterocycles. The summed E-state index contributed by atoms with van der Waals surface area (Å²) in [7, 11) is 1.78. The van der Waals surface area contributed by atoms with E-state index in [0.29, 0.717) is 0 Å². The minimum absolute atomic E-state index is 0.0960. The van der Waals surface area contributed by atoms with Crippen LogP contribution in [0.4, 0.5) is 4.39 Å². The van der Waals surface area contributed by atoms with Gasteiger partial charge in [-0.25, -0.2) is 4.39 Å². The lowest BCUT2D eigenvalue weighted by atomic mass is 10.2. The van der Waals surface area contributed by atoms with Crippen molar-refractivity contribution < 1.29 is 9.18 Å². The van der Waals surface area contributed by atoms with Gasteiger partial charge in [0.1, 0.15) is 5.82 Å². The Labute approximate surface area is 108 Å². The van der Waals surface area contributed by atoms with E-state index in [-0.39, 0.29) is 17.1 Å². The molecule has 2 aromatic rings. The molecule has 1 amide bonds. The van der Waals surface area contributed by atoms with Gasteiger partial charge in [-0.15, -0.1) is 0 Å². The molecule has 0 radical (unpaired) electrons. The highest BCUT2D eigenvalue weighted by Crippen LogP contribution is 2.18. The molecule has 6 heteroatoms. The van der Waals surface area contributed by atoms with Crippen LogP contribution in [0.15, 0.2) is 30.6 Å². The summed E-state index contributed by atoms with van der Waals surface area (Å²) in [5, 5.41) is 6.66. The average molecular weight is 268 g/mol. The number of halogens is 2. The largest absolute Gasteiger partial charge is 0.348 e. The second-order valence-electron chi connectivity index (χ2n) is 3.80. The number of nitrogens with zero attached hydrogens (tertiary/aromatic N) is 2. The van der Waals surface area contributed by atoms with Gasteiger partial charge < -0.3 is 5.32 Å². The van der Waals surface area contributed by atoms with Gasteiger partial charge >= 0.3 is 0 Å². The van der Waals surface area contributed by atoms with E-state index < -0.39 is 11.7 Å². The van der Waals surface area contributed by atoms with E-state index in [9.17, 15) is 9.18 Å². The number of aromatic nitrogens is 2. The van der Waals surface area contributed by atoms with Crippen LogP contribution in [-0.2, 0) is 13.6 Å². The maximum atomic E-state index is 13.5. The van der Waals surface area contributed by atoms with E-state index in [1.807, 2.05) is 0 Å². The standard InChI is InChI=1S/C12H11ClFN3O/c1-17-7-8(6-16-17)5-15-12(18)11-9(13)3-2-4-10(11)14/h2-4,6-7H,5H2,1H3,(H,15,18). The molecule has 0 saturated carbocycles. The van der Waals surface area contributed by atoms with E-state index in [0.717, 1.165) is 5.56 Å². The van der Waals surface area contributed by atoms with E-state index >= 15 is 0 Å². The Morgan fingerprint density at radius 1 is 1.56 bits per heavy atom. The van der Waals surface area contributed by atoms with Crippen LogP contribution in [0.2, 0.25) is 5.02 Å². The number of benzene rings is 1. The van der Waals surface area contributed by atoms with Gasteiger partial charge in [0.15, 0.2) is 0 Å². The van der Waals surface area contributed by atoms with Gasteiger partial charge in [0.05, 0.1) is 16.8 Å². The van der Waals surface area contributed by atoms with Crippen LogP contribution in [0.1, 0.15) is 15.9 Å². The van der Waals surface area contributed by atoms with E-state index in [1.54, 1.807) is 24.1 Å². The maximum Gasteiger partial charge on any atom is 0.256 e. The third kappa shape index (κ3) is 2.68. The zero-order valence-corrected chi connectivity index (χ0v) is 10.4. The summed E-state index contributed by atoms with van der Waals surface area (Å²) in [5.41, 5.74) is 0.696. The van der Waals surface area contributed by atoms with Crippen molar-refractivity contribution in [3.8, 4) is 0 Å². The summed E-state index contributed by atoms with van der Waals surface area (Å²) in [6.07, 6.45) is 3.40. The van der Waals surface area contributed by atoms with Crippen LogP contribution < -0.4 is 5.32 Å². The number of amides is 1. The fraction of sp³-hybridized carbons (Fsp3) is 0.167. The number of aryl methyl sites for hydroxylation is 1. The Bertz CT molecular complexity index is 562. The fourth-order valence-electron chi connectivity index (χ4n) is 1.55. The molecule has 2 rings (SSSR count). The number of nitrogens with one attached hydrogen (secondary N) is 1. The van der Waals surface area contributed by atoms with Gasteiger partial charge in [0.2, 0.25) is 0 Å². The molecular weight excluding hydrogens is 257 g/mol. The molecule has 0 spiro atoms. The van der Waals surface area contributed by atoms with E-state index in [2.05, 4.69) is 10.4 Å². The molecular formula is C12H11ClFN3O. The highest BCUT2D eigenvalue weighted by molar-refractivity contribution is 6.33. The lowest BCUT2D eigenvalue weighted by Gasteiger charge is -2.06. The third-order valence-corrected chi connectivity index (χ3v) is 2.72. The zero-order valence-electron chi connectivity index (χ0n) is 9.65. The predicted octanol–water partition coefficient (Wildman–Crippen LogP) is 2.14. The maximum absolute atomic E-state index is 13.5. The lowest BCUT2D eigenvalue weighted by Crippen LogP contribution is -2.24. The summed E-state index contributed by atoms with van der Waals surface area (Å²) >= 11 is 5.79. The molecule has 94 valence electrons. The van der Waals surface area contributed by atoms with Gasteiger partial charge in [-0.3, -0.25) is 9.48 Å². The fourth-order valence-corrected chi connectivity index (χ4v) is 1.80. The first-order valence-corrected chi connectivity index (χ1v) is 5.65. The van der Waals surface area contributed by atoms with Crippen molar-refractivity contribution in [1.29, 1.82) is 0 Å². The molecule has 1 N–H and O–H groups in total. The molecule has 1 aromatic heterocycles. The van der Waals surface area contributed by atoms with Crippen molar-refractivity contribution in [2.75, 3.05) is 0 Å². The van der Waals surface area contributed by atoms with Crippen LogP contribution >= 0.6 is 11.6 Å². The minimum atomic E-state index is -0.633. The molecule has 18 heavy (non-hydrogen) atoms. The molecule has 0 aliphatic rings. The van der Waals surface area contributed by atoms with E-state index in [1.165, 1.54) is 18.2 Å². The monoisotopic (exact) mass is 267 g/mol. The number of hydrogen-bond donors (Lipinski definition) is 1. The first-order valence-electron chi connectivity index (χ1n) is 5.27. The van der Waals surface area contributed by atoms with Crippen LogP contribution in [0.25, 0.3) is 0 Å². The Morgan fingerprint density at radius 3 is 2.94 bits per heavy atom.